The molecule has 0 bridgehead atoms. The average Bonchev–Trinajstić information content (AvgIpc) is 3.23. The van der Waals surface area contributed by atoms with Gasteiger partial charge in [0.25, 0.3) is 5.91 Å². The minimum absolute atomic E-state index is 0.113. The lowest BCUT2D eigenvalue weighted by Gasteiger charge is -2.39. The van der Waals surface area contributed by atoms with Gasteiger partial charge in [-0.05, 0) is 43.5 Å². The molecular formula is C24H28N4OS. The maximum absolute atomic E-state index is 13.0. The first-order valence-electron chi connectivity index (χ1n) is 10.6. The summed E-state index contributed by atoms with van der Waals surface area (Å²) in [4.78, 5) is 22.0. The summed E-state index contributed by atoms with van der Waals surface area (Å²) in [6, 6.07) is 16.6. The van der Waals surface area contributed by atoms with E-state index in [0.717, 1.165) is 42.5 Å². The second kappa shape index (κ2) is 8.96. The fraction of sp³-hybridized carbons (Fsp3) is 0.375. The van der Waals surface area contributed by atoms with Crippen LogP contribution in [0.2, 0.25) is 0 Å². The number of carbonyl (C=O) groups excluding carboxylic acids is 1. The SMILES string of the molecule is CCc1ccc(C(=O)N2CCN(c3nc(Cc4ccc(C)cc4)ns3)CC2C)cc1. The van der Waals surface area contributed by atoms with Crippen LogP contribution in [0.15, 0.2) is 48.5 Å². The Kier molecular flexibility index (Phi) is 6.13. The highest BCUT2D eigenvalue weighted by Gasteiger charge is 2.29. The molecule has 1 aliphatic rings. The van der Waals surface area contributed by atoms with E-state index in [2.05, 4.69) is 54.3 Å². The van der Waals surface area contributed by atoms with Crippen molar-refractivity contribution in [3.63, 3.8) is 0 Å². The Bertz CT molecular complexity index is 997. The van der Waals surface area contributed by atoms with Crippen LogP contribution in [0.4, 0.5) is 5.13 Å². The van der Waals surface area contributed by atoms with Gasteiger partial charge in [-0.1, -0.05) is 48.9 Å². The summed E-state index contributed by atoms with van der Waals surface area (Å²) in [7, 11) is 0. The van der Waals surface area contributed by atoms with Crippen molar-refractivity contribution in [2.24, 2.45) is 0 Å². The van der Waals surface area contributed by atoms with E-state index in [1.54, 1.807) is 0 Å². The molecule has 156 valence electrons. The number of rotatable bonds is 5. The standard InChI is InChI=1S/C24H28N4OS/c1-4-19-9-11-21(12-10-19)23(29)28-14-13-27(16-18(28)3)24-25-22(26-30-24)15-20-7-5-17(2)6-8-20/h5-12,18H,4,13-16H2,1-3H3. The summed E-state index contributed by atoms with van der Waals surface area (Å²) in [5.41, 5.74) is 4.50. The zero-order valence-corrected chi connectivity index (χ0v) is 18.7. The van der Waals surface area contributed by atoms with E-state index in [9.17, 15) is 4.79 Å². The molecule has 0 spiro atoms. The van der Waals surface area contributed by atoms with Gasteiger partial charge in [-0.3, -0.25) is 4.79 Å². The van der Waals surface area contributed by atoms with Gasteiger partial charge in [0.15, 0.2) is 0 Å². The third-order valence-corrected chi connectivity index (χ3v) is 6.52. The predicted molar refractivity (Wildman–Crippen MR) is 122 cm³/mol. The normalized spacial score (nSPS) is 16.7. The van der Waals surface area contributed by atoms with Crippen molar-refractivity contribution in [3.05, 3.63) is 76.6 Å². The van der Waals surface area contributed by atoms with Crippen LogP contribution in [0.25, 0.3) is 0 Å². The van der Waals surface area contributed by atoms with E-state index in [1.807, 2.05) is 29.2 Å². The molecule has 1 aromatic heterocycles. The first kappa shape index (κ1) is 20.5. The molecule has 4 rings (SSSR count). The van der Waals surface area contributed by atoms with Crippen LogP contribution in [0.1, 0.15) is 46.7 Å². The molecule has 0 N–H and O–H groups in total. The number of anilines is 1. The van der Waals surface area contributed by atoms with Gasteiger partial charge >= 0.3 is 0 Å². The van der Waals surface area contributed by atoms with E-state index in [1.165, 1.54) is 28.2 Å². The van der Waals surface area contributed by atoms with Crippen LogP contribution in [0.5, 0.6) is 0 Å². The summed E-state index contributed by atoms with van der Waals surface area (Å²) in [6.45, 7) is 8.58. The van der Waals surface area contributed by atoms with Gasteiger partial charge in [0.2, 0.25) is 5.13 Å². The van der Waals surface area contributed by atoms with Crippen molar-refractivity contribution >= 4 is 22.6 Å². The van der Waals surface area contributed by atoms with Crippen molar-refractivity contribution in [3.8, 4) is 0 Å². The number of aromatic nitrogens is 2. The Hall–Kier alpha value is -2.73. The third kappa shape index (κ3) is 4.54. The Morgan fingerprint density at radius 3 is 2.43 bits per heavy atom. The second-order valence-electron chi connectivity index (χ2n) is 8.00. The zero-order valence-electron chi connectivity index (χ0n) is 17.8. The van der Waals surface area contributed by atoms with Crippen molar-refractivity contribution in [2.75, 3.05) is 24.5 Å². The lowest BCUT2D eigenvalue weighted by atomic mass is 10.1. The third-order valence-electron chi connectivity index (χ3n) is 5.71. The highest BCUT2D eigenvalue weighted by molar-refractivity contribution is 7.09. The molecule has 0 saturated carbocycles. The number of hydrogen-bond donors (Lipinski definition) is 0. The Morgan fingerprint density at radius 1 is 1.07 bits per heavy atom. The highest BCUT2D eigenvalue weighted by atomic mass is 32.1. The van der Waals surface area contributed by atoms with Gasteiger partial charge < -0.3 is 9.80 Å². The number of piperazine rings is 1. The smallest absolute Gasteiger partial charge is 0.254 e. The van der Waals surface area contributed by atoms with E-state index < -0.39 is 0 Å². The van der Waals surface area contributed by atoms with Gasteiger partial charge in [0.05, 0.1) is 0 Å². The largest absolute Gasteiger partial charge is 0.343 e. The van der Waals surface area contributed by atoms with Gasteiger partial charge in [-0.15, -0.1) is 0 Å². The number of aryl methyl sites for hydroxylation is 2. The molecule has 1 amide bonds. The molecule has 1 fully saturated rings. The minimum atomic E-state index is 0.113. The van der Waals surface area contributed by atoms with Crippen LogP contribution in [0, 0.1) is 6.92 Å². The van der Waals surface area contributed by atoms with Crippen LogP contribution in [-0.2, 0) is 12.8 Å². The summed E-state index contributed by atoms with van der Waals surface area (Å²) in [5.74, 6) is 0.975. The Morgan fingerprint density at radius 2 is 1.77 bits per heavy atom. The van der Waals surface area contributed by atoms with Crippen molar-refractivity contribution < 1.29 is 4.79 Å². The maximum atomic E-state index is 13.0. The second-order valence-corrected chi connectivity index (χ2v) is 8.73. The molecule has 2 heterocycles. The topological polar surface area (TPSA) is 49.3 Å². The summed E-state index contributed by atoms with van der Waals surface area (Å²) >= 11 is 1.45. The quantitative estimate of drug-likeness (QED) is 0.616. The summed E-state index contributed by atoms with van der Waals surface area (Å²) in [6.07, 6.45) is 1.73. The molecule has 1 unspecified atom stereocenters. The number of nitrogens with zero attached hydrogens (tertiary/aromatic N) is 4. The fourth-order valence-electron chi connectivity index (χ4n) is 3.82. The van der Waals surface area contributed by atoms with Crippen molar-refractivity contribution in [1.29, 1.82) is 0 Å². The lowest BCUT2D eigenvalue weighted by molar-refractivity contribution is 0.0674. The molecule has 5 nitrogen and oxygen atoms in total. The van der Waals surface area contributed by atoms with Crippen LogP contribution >= 0.6 is 11.5 Å². The monoisotopic (exact) mass is 420 g/mol. The van der Waals surface area contributed by atoms with Gasteiger partial charge in [0, 0.05) is 49.2 Å². The first-order valence-corrected chi connectivity index (χ1v) is 11.3. The van der Waals surface area contributed by atoms with Gasteiger partial charge in [-0.2, -0.15) is 4.37 Å². The average molecular weight is 421 g/mol. The Balaban J connectivity index is 1.38. The predicted octanol–water partition coefficient (Wildman–Crippen LogP) is 4.35. The van der Waals surface area contributed by atoms with E-state index >= 15 is 0 Å². The molecular weight excluding hydrogens is 392 g/mol. The van der Waals surface area contributed by atoms with E-state index in [4.69, 9.17) is 4.98 Å². The van der Waals surface area contributed by atoms with Crippen LogP contribution in [0.3, 0.4) is 0 Å². The summed E-state index contributed by atoms with van der Waals surface area (Å²) in [5, 5.41) is 0.948. The number of benzene rings is 2. The molecule has 3 aromatic rings. The molecule has 30 heavy (non-hydrogen) atoms. The number of amides is 1. The molecule has 0 radical (unpaired) electrons. The maximum Gasteiger partial charge on any atom is 0.254 e. The molecule has 6 heteroatoms. The fourth-order valence-corrected chi connectivity index (χ4v) is 4.54. The molecule has 0 aliphatic carbocycles. The summed E-state index contributed by atoms with van der Waals surface area (Å²) < 4.78 is 4.56. The molecule has 1 atom stereocenters. The number of carbonyl (C=O) groups is 1. The molecule has 1 aliphatic heterocycles. The zero-order chi connectivity index (χ0) is 21.1. The molecule has 1 saturated heterocycles. The lowest BCUT2D eigenvalue weighted by Crippen LogP contribution is -2.54. The van der Waals surface area contributed by atoms with Gasteiger partial charge in [-0.25, -0.2) is 4.98 Å². The van der Waals surface area contributed by atoms with Crippen LogP contribution < -0.4 is 4.90 Å². The molecule has 2 aromatic carbocycles. The Labute approximate surface area is 182 Å². The van der Waals surface area contributed by atoms with Gasteiger partial charge in [0.1, 0.15) is 5.82 Å². The minimum Gasteiger partial charge on any atom is -0.343 e. The van der Waals surface area contributed by atoms with E-state index in [0.29, 0.717) is 6.54 Å². The number of hydrogen-bond acceptors (Lipinski definition) is 5. The van der Waals surface area contributed by atoms with Crippen LogP contribution in [-0.4, -0.2) is 45.8 Å². The van der Waals surface area contributed by atoms with Crippen molar-refractivity contribution in [1.82, 2.24) is 14.3 Å². The van der Waals surface area contributed by atoms with E-state index in [-0.39, 0.29) is 11.9 Å². The first-order chi connectivity index (χ1) is 14.5. The highest BCUT2D eigenvalue weighted by Crippen LogP contribution is 2.23. The van der Waals surface area contributed by atoms with Crippen molar-refractivity contribution in [2.45, 2.75) is 39.7 Å².